The minimum atomic E-state index is -0.884. The molecule has 2 bridgehead atoms. The first-order valence-corrected chi connectivity index (χ1v) is 12.2. The van der Waals surface area contributed by atoms with Gasteiger partial charge >= 0.3 is 0 Å². The van der Waals surface area contributed by atoms with E-state index in [1.807, 2.05) is 13.1 Å². The second kappa shape index (κ2) is 8.59. The normalized spacial score (nSPS) is 25.5. The van der Waals surface area contributed by atoms with Gasteiger partial charge in [-0.3, -0.25) is 9.36 Å². The number of pyridine rings is 2. The van der Waals surface area contributed by atoms with Crippen LogP contribution in [0, 0.1) is 0 Å². The maximum Gasteiger partial charge on any atom is 0.270 e. The lowest BCUT2D eigenvalue weighted by Crippen LogP contribution is -2.66. The number of aliphatic hydroxyl groups excluding tert-OH is 1. The number of hydrogen-bond donors (Lipinski definition) is 1. The molecule has 190 valence electrons. The molecule has 4 aliphatic rings. The molecule has 0 aromatic carbocycles. The highest BCUT2D eigenvalue weighted by molar-refractivity contribution is 5.70. The summed E-state index contributed by atoms with van der Waals surface area (Å²) in [5.41, 5.74) is -0.350. The summed E-state index contributed by atoms with van der Waals surface area (Å²) >= 11 is 0. The summed E-state index contributed by atoms with van der Waals surface area (Å²) in [6.07, 6.45) is 5.06. The molecular formula is C25H29N5O6. The molecule has 0 radical (unpaired) electrons. The first-order valence-electron chi connectivity index (χ1n) is 12.2. The average Bonchev–Trinajstić information content (AvgIpc) is 2.94. The number of fused-ring (bicyclic) bond motifs is 5. The van der Waals surface area contributed by atoms with Crippen LogP contribution in [0.5, 0.6) is 17.4 Å². The van der Waals surface area contributed by atoms with Crippen LogP contribution in [0.4, 0.5) is 5.82 Å². The van der Waals surface area contributed by atoms with Gasteiger partial charge in [0.1, 0.15) is 30.7 Å². The van der Waals surface area contributed by atoms with Gasteiger partial charge in [-0.25, -0.2) is 9.97 Å². The highest BCUT2D eigenvalue weighted by Crippen LogP contribution is 2.49. The second-order valence-electron chi connectivity index (χ2n) is 9.74. The van der Waals surface area contributed by atoms with Crippen molar-refractivity contribution in [2.45, 2.75) is 49.5 Å². The van der Waals surface area contributed by atoms with E-state index in [4.69, 9.17) is 18.9 Å². The van der Waals surface area contributed by atoms with Crippen molar-refractivity contribution in [3.63, 3.8) is 0 Å². The van der Waals surface area contributed by atoms with Crippen LogP contribution in [-0.4, -0.2) is 75.8 Å². The molecule has 0 spiro atoms. The fraction of sp³-hybridized carbons (Fsp3) is 0.520. The van der Waals surface area contributed by atoms with Crippen LogP contribution in [-0.2, 0) is 11.3 Å². The fourth-order valence-electron chi connectivity index (χ4n) is 5.58. The predicted molar refractivity (Wildman–Crippen MR) is 130 cm³/mol. The van der Waals surface area contributed by atoms with Crippen LogP contribution < -0.4 is 24.7 Å². The van der Waals surface area contributed by atoms with Crippen molar-refractivity contribution in [2.24, 2.45) is 0 Å². The van der Waals surface area contributed by atoms with Crippen molar-refractivity contribution in [2.75, 3.05) is 38.9 Å². The summed E-state index contributed by atoms with van der Waals surface area (Å²) in [6, 6.07) is 5.35. The second-order valence-corrected chi connectivity index (χ2v) is 9.74. The van der Waals surface area contributed by atoms with E-state index in [2.05, 4.69) is 19.9 Å². The number of methoxy groups -OCH3 is 1. The minimum absolute atomic E-state index is 0.0601. The van der Waals surface area contributed by atoms with Crippen LogP contribution in [0.15, 0.2) is 35.4 Å². The third-order valence-corrected chi connectivity index (χ3v) is 7.96. The molecule has 3 aromatic heterocycles. The van der Waals surface area contributed by atoms with Crippen molar-refractivity contribution in [3.8, 4) is 17.4 Å². The maximum atomic E-state index is 12.7. The maximum absolute atomic E-state index is 12.7. The van der Waals surface area contributed by atoms with Crippen LogP contribution in [0.1, 0.15) is 25.7 Å². The highest BCUT2D eigenvalue weighted by Gasteiger charge is 2.55. The van der Waals surface area contributed by atoms with Crippen LogP contribution in [0.2, 0.25) is 0 Å². The lowest BCUT2D eigenvalue weighted by molar-refractivity contribution is -0.205. The first-order chi connectivity index (χ1) is 17.4. The summed E-state index contributed by atoms with van der Waals surface area (Å²) < 4.78 is 24.4. The summed E-state index contributed by atoms with van der Waals surface area (Å²) in [6.45, 7) is 1.56. The van der Waals surface area contributed by atoms with E-state index in [1.165, 1.54) is 17.9 Å². The van der Waals surface area contributed by atoms with Crippen molar-refractivity contribution in [3.05, 3.63) is 40.9 Å². The van der Waals surface area contributed by atoms with Crippen LogP contribution in [0.3, 0.4) is 0 Å². The number of aliphatic hydroxyl groups is 1. The Hall–Kier alpha value is -3.44. The van der Waals surface area contributed by atoms with Gasteiger partial charge in [0.15, 0.2) is 17.1 Å². The molecule has 11 nitrogen and oxygen atoms in total. The molecule has 1 aliphatic carbocycles. The summed E-state index contributed by atoms with van der Waals surface area (Å²) in [4.78, 5) is 28.0. The standard InChI is InChI=1S/C25H29N5O6/c1-29(20-11-17-18(12-27-20)35-10-9-34-17)24-5-7-25(8-6-24,36-15-24)19(31)14-30-22(32)13-26-16-3-4-21(33-2)28-23(16)30/h3-4,11-13,19,31H,5-10,14-15H2,1-2H3. The number of aromatic nitrogens is 4. The molecular weight excluding hydrogens is 466 g/mol. The van der Waals surface area contributed by atoms with Gasteiger partial charge in [0, 0.05) is 19.2 Å². The van der Waals surface area contributed by atoms with Gasteiger partial charge in [0.25, 0.3) is 5.56 Å². The molecule has 6 heterocycles. The van der Waals surface area contributed by atoms with Gasteiger partial charge in [0.2, 0.25) is 5.88 Å². The predicted octanol–water partition coefficient (Wildman–Crippen LogP) is 1.55. The molecule has 2 saturated heterocycles. The van der Waals surface area contributed by atoms with E-state index in [0.717, 1.165) is 18.7 Å². The zero-order valence-electron chi connectivity index (χ0n) is 20.3. The van der Waals surface area contributed by atoms with Crippen molar-refractivity contribution < 1.29 is 24.1 Å². The fourth-order valence-corrected chi connectivity index (χ4v) is 5.58. The zero-order valence-corrected chi connectivity index (χ0v) is 20.3. The van der Waals surface area contributed by atoms with E-state index in [1.54, 1.807) is 18.3 Å². The molecule has 1 unspecified atom stereocenters. The molecule has 0 amide bonds. The van der Waals surface area contributed by atoms with Crippen LogP contribution >= 0.6 is 0 Å². The molecule has 3 fully saturated rings. The average molecular weight is 496 g/mol. The Labute approximate surface area is 207 Å². The van der Waals surface area contributed by atoms with E-state index in [9.17, 15) is 9.90 Å². The number of ether oxygens (including phenoxy) is 4. The number of hydrogen-bond acceptors (Lipinski definition) is 10. The molecule has 11 heteroatoms. The first kappa shape index (κ1) is 23.0. The van der Waals surface area contributed by atoms with Crippen LogP contribution in [0.25, 0.3) is 11.2 Å². The lowest BCUT2D eigenvalue weighted by atomic mass is 9.68. The largest absolute Gasteiger partial charge is 0.486 e. The topological polar surface area (TPSA) is 121 Å². The van der Waals surface area contributed by atoms with Crippen molar-refractivity contribution in [1.29, 1.82) is 0 Å². The molecule has 1 atom stereocenters. The Balaban J connectivity index is 1.21. The number of likely N-dealkylation sites (N-methyl/N-ethyl adjacent to an activating group) is 1. The molecule has 36 heavy (non-hydrogen) atoms. The number of anilines is 1. The van der Waals surface area contributed by atoms with Gasteiger partial charge in [-0.1, -0.05) is 0 Å². The number of nitrogens with zero attached hydrogens (tertiary/aromatic N) is 5. The van der Waals surface area contributed by atoms with E-state index in [-0.39, 0.29) is 17.6 Å². The van der Waals surface area contributed by atoms with E-state index in [0.29, 0.717) is 61.2 Å². The Bertz CT molecular complexity index is 1340. The van der Waals surface area contributed by atoms with Gasteiger partial charge in [-0.2, -0.15) is 4.98 Å². The van der Waals surface area contributed by atoms with E-state index < -0.39 is 11.7 Å². The van der Waals surface area contributed by atoms with Crippen molar-refractivity contribution in [1.82, 2.24) is 19.5 Å². The molecule has 1 saturated carbocycles. The summed E-state index contributed by atoms with van der Waals surface area (Å²) in [7, 11) is 3.54. The molecule has 1 N–H and O–H groups in total. The smallest absolute Gasteiger partial charge is 0.270 e. The molecule has 3 aliphatic heterocycles. The highest BCUT2D eigenvalue weighted by atomic mass is 16.6. The summed E-state index contributed by atoms with van der Waals surface area (Å²) in [5, 5.41) is 11.4. The molecule has 3 aromatic rings. The van der Waals surface area contributed by atoms with Gasteiger partial charge in [-0.15, -0.1) is 0 Å². The van der Waals surface area contributed by atoms with Gasteiger partial charge in [0.05, 0.1) is 43.8 Å². The van der Waals surface area contributed by atoms with Gasteiger partial charge < -0.3 is 29.0 Å². The summed E-state index contributed by atoms with van der Waals surface area (Å²) in [5.74, 6) is 2.54. The Kier molecular flexibility index (Phi) is 5.49. The Morgan fingerprint density at radius 2 is 1.92 bits per heavy atom. The molecule has 7 rings (SSSR count). The van der Waals surface area contributed by atoms with E-state index >= 15 is 0 Å². The van der Waals surface area contributed by atoms with Crippen molar-refractivity contribution >= 4 is 17.0 Å². The number of rotatable bonds is 6. The SMILES string of the molecule is COc1ccc2ncc(=O)n(CC(O)C34CCC(N(C)c5cc6c(cn5)OCCO6)(CC3)CO4)c2n1. The quantitative estimate of drug-likeness (QED) is 0.539. The third-order valence-electron chi connectivity index (χ3n) is 7.96. The zero-order chi connectivity index (χ0) is 24.9. The minimum Gasteiger partial charge on any atom is -0.486 e. The monoisotopic (exact) mass is 495 g/mol. The van der Waals surface area contributed by atoms with Gasteiger partial charge in [-0.05, 0) is 31.7 Å². The Morgan fingerprint density at radius 1 is 1.14 bits per heavy atom. The Morgan fingerprint density at radius 3 is 2.64 bits per heavy atom. The third kappa shape index (κ3) is 3.65. The lowest BCUT2D eigenvalue weighted by Gasteiger charge is -2.57.